The Kier molecular flexibility index (Phi) is 5.25. The molecule has 0 aromatic carbocycles. The first-order valence-corrected chi connectivity index (χ1v) is 10.1. The number of carbonyl (C=O) groups excluding carboxylic acids is 1. The van der Waals surface area contributed by atoms with Crippen LogP contribution in [-0.4, -0.2) is 50.7 Å². The first kappa shape index (κ1) is 21.0. The van der Waals surface area contributed by atoms with Crippen LogP contribution < -0.4 is 10.3 Å². The van der Waals surface area contributed by atoms with E-state index in [1.807, 2.05) is 0 Å². The third kappa shape index (κ3) is 4.15. The van der Waals surface area contributed by atoms with E-state index in [1.54, 1.807) is 10.3 Å². The topological polar surface area (TPSA) is 105 Å². The standard InChI is InChI=1S/C19H15F3N4O4S/c20-19(21,22)4-3-13(27)10-7-25(8-10)14-2-1-11-15(28)12(17(29)30)9-26(16(11)24-14)18-23-5-6-31-18/h1-2,5-6,9-10H,3-4,7-8H2,(H,29,30). The van der Waals surface area contributed by atoms with Gasteiger partial charge in [0.25, 0.3) is 0 Å². The molecule has 1 saturated heterocycles. The number of alkyl halides is 3. The fraction of sp³-hybridized carbons (Fsp3) is 0.316. The molecule has 3 aromatic heterocycles. The van der Waals surface area contributed by atoms with Gasteiger partial charge in [-0.3, -0.25) is 14.2 Å². The van der Waals surface area contributed by atoms with Crippen molar-refractivity contribution in [2.45, 2.75) is 19.0 Å². The summed E-state index contributed by atoms with van der Waals surface area (Å²) in [6, 6.07) is 2.98. The zero-order chi connectivity index (χ0) is 22.3. The number of Topliss-reactive ketones (excluding diaryl/α,β-unsaturated/α-hetero) is 1. The first-order chi connectivity index (χ1) is 14.6. The molecule has 8 nitrogen and oxygen atoms in total. The minimum absolute atomic E-state index is 0.0946. The van der Waals surface area contributed by atoms with Gasteiger partial charge in [0.2, 0.25) is 5.43 Å². The fourth-order valence-corrected chi connectivity index (χ4v) is 3.96. The number of carbonyl (C=O) groups is 2. The SMILES string of the molecule is O=C(O)c1cn(-c2nccs2)c2nc(N3CC(C(=O)CCC(F)(F)F)C3)ccc2c1=O. The number of anilines is 1. The largest absolute Gasteiger partial charge is 0.477 e. The number of fused-ring (bicyclic) bond motifs is 1. The van der Waals surface area contributed by atoms with Gasteiger partial charge in [0.05, 0.1) is 17.7 Å². The molecule has 3 aromatic rings. The summed E-state index contributed by atoms with van der Waals surface area (Å²) in [5.74, 6) is -1.89. The third-order valence-electron chi connectivity index (χ3n) is 5.01. The van der Waals surface area contributed by atoms with Crippen LogP contribution in [0.4, 0.5) is 19.0 Å². The molecule has 0 atom stereocenters. The first-order valence-electron chi connectivity index (χ1n) is 9.18. The third-order valence-corrected chi connectivity index (χ3v) is 5.78. The van der Waals surface area contributed by atoms with Crippen LogP contribution in [-0.2, 0) is 4.79 Å². The number of hydrogen-bond donors (Lipinski definition) is 1. The van der Waals surface area contributed by atoms with Gasteiger partial charge in [-0.25, -0.2) is 14.8 Å². The zero-order valence-electron chi connectivity index (χ0n) is 15.8. The predicted molar refractivity (Wildman–Crippen MR) is 106 cm³/mol. The normalized spacial score (nSPS) is 14.6. The lowest BCUT2D eigenvalue weighted by molar-refractivity contribution is -0.145. The molecule has 0 aliphatic carbocycles. The van der Waals surface area contributed by atoms with Crippen molar-refractivity contribution in [2.75, 3.05) is 18.0 Å². The molecule has 1 N–H and O–H groups in total. The summed E-state index contributed by atoms with van der Waals surface area (Å²) in [5.41, 5.74) is -0.899. The molecule has 4 rings (SSSR count). The van der Waals surface area contributed by atoms with Crippen LogP contribution in [0.2, 0.25) is 0 Å². The molecule has 0 radical (unpaired) electrons. The molecule has 1 aliphatic rings. The van der Waals surface area contributed by atoms with E-state index in [9.17, 15) is 32.7 Å². The Labute approximate surface area is 176 Å². The van der Waals surface area contributed by atoms with Crippen molar-refractivity contribution in [2.24, 2.45) is 5.92 Å². The number of aromatic nitrogens is 3. The minimum atomic E-state index is -4.37. The molecule has 31 heavy (non-hydrogen) atoms. The maximum absolute atomic E-state index is 12.5. The van der Waals surface area contributed by atoms with Crippen molar-refractivity contribution in [3.63, 3.8) is 0 Å². The number of halogens is 3. The van der Waals surface area contributed by atoms with Crippen molar-refractivity contribution in [3.8, 4) is 5.13 Å². The Hall–Kier alpha value is -3.28. The van der Waals surface area contributed by atoms with Gasteiger partial charge in [0.15, 0.2) is 10.8 Å². The number of hydrogen-bond acceptors (Lipinski definition) is 7. The van der Waals surface area contributed by atoms with Gasteiger partial charge >= 0.3 is 12.1 Å². The van der Waals surface area contributed by atoms with Crippen LogP contribution >= 0.6 is 11.3 Å². The van der Waals surface area contributed by atoms with Crippen molar-refractivity contribution < 1.29 is 27.9 Å². The second-order valence-corrected chi connectivity index (χ2v) is 7.96. The smallest absolute Gasteiger partial charge is 0.389 e. The molecule has 1 aliphatic heterocycles. The lowest BCUT2D eigenvalue weighted by atomic mass is 9.92. The van der Waals surface area contributed by atoms with Gasteiger partial charge in [-0.05, 0) is 12.1 Å². The Morgan fingerprint density at radius 2 is 2.00 bits per heavy atom. The number of pyridine rings is 2. The van der Waals surface area contributed by atoms with Crippen molar-refractivity contribution >= 4 is 39.9 Å². The number of rotatable bonds is 6. The Bertz CT molecular complexity index is 1220. The van der Waals surface area contributed by atoms with E-state index in [0.29, 0.717) is 10.9 Å². The Morgan fingerprint density at radius 1 is 1.26 bits per heavy atom. The number of ketones is 1. The zero-order valence-corrected chi connectivity index (χ0v) is 16.6. The highest BCUT2D eigenvalue weighted by Crippen LogP contribution is 2.29. The van der Waals surface area contributed by atoms with E-state index in [0.717, 1.165) is 0 Å². The van der Waals surface area contributed by atoms with Crippen LogP contribution in [0.1, 0.15) is 23.2 Å². The second kappa shape index (κ2) is 7.76. The average molecular weight is 452 g/mol. The van der Waals surface area contributed by atoms with Crippen LogP contribution in [0.3, 0.4) is 0 Å². The van der Waals surface area contributed by atoms with Crippen LogP contribution in [0, 0.1) is 5.92 Å². The molecule has 0 spiro atoms. The monoisotopic (exact) mass is 452 g/mol. The fourth-order valence-electron chi connectivity index (χ4n) is 3.34. The average Bonchev–Trinajstić information content (AvgIpc) is 3.19. The van der Waals surface area contributed by atoms with Crippen LogP contribution in [0.25, 0.3) is 16.2 Å². The van der Waals surface area contributed by atoms with E-state index >= 15 is 0 Å². The quantitative estimate of drug-likeness (QED) is 0.613. The Balaban J connectivity index is 1.63. The van der Waals surface area contributed by atoms with Gasteiger partial charge in [-0.2, -0.15) is 13.2 Å². The molecule has 12 heteroatoms. The summed E-state index contributed by atoms with van der Waals surface area (Å²) in [5, 5.41) is 11.6. The van der Waals surface area contributed by atoms with Gasteiger partial charge in [-0.15, -0.1) is 11.3 Å². The van der Waals surface area contributed by atoms with Crippen LogP contribution in [0.5, 0.6) is 0 Å². The summed E-state index contributed by atoms with van der Waals surface area (Å²) < 4.78 is 38.4. The summed E-state index contributed by atoms with van der Waals surface area (Å²) >= 11 is 1.23. The maximum Gasteiger partial charge on any atom is 0.389 e. The number of nitrogens with zero attached hydrogens (tertiary/aromatic N) is 4. The van der Waals surface area contributed by atoms with E-state index < -0.39 is 47.7 Å². The highest BCUT2D eigenvalue weighted by molar-refractivity contribution is 7.12. The van der Waals surface area contributed by atoms with Crippen molar-refractivity contribution in [1.82, 2.24) is 14.5 Å². The lowest BCUT2D eigenvalue weighted by Crippen LogP contribution is -2.51. The van der Waals surface area contributed by atoms with Crippen molar-refractivity contribution in [3.05, 3.63) is 45.7 Å². The number of carboxylic acid groups (broad SMARTS) is 1. The van der Waals surface area contributed by atoms with E-state index in [1.165, 1.54) is 40.4 Å². The van der Waals surface area contributed by atoms with E-state index in [-0.39, 0.29) is 24.1 Å². The van der Waals surface area contributed by atoms with Gasteiger partial charge in [0.1, 0.15) is 17.2 Å². The van der Waals surface area contributed by atoms with Gasteiger partial charge < -0.3 is 10.0 Å². The molecule has 0 saturated carbocycles. The van der Waals surface area contributed by atoms with E-state index in [2.05, 4.69) is 9.97 Å². The highest BCUT2D eigenvalue weighted by Gasteiger charge is 2.36. The molecule has 1 fully saturated rings. The summed E-state index contributed by atoms with van der Waals surface area (Å²) in [7, 11) is 0. The molecule has 0 bridgehead atoms. The maximum atomic E-state index is 12.5. The number of aromatic carboxylic acids is 1. The summed E-state index contributed by atoms with van der Waals surface area (Å²) in [6.45, 7) is 0.452. The lowest BCUT2D eigenvalue weighted by Gasteiger charge is -2.39. The second-order valence-electron chi connectivity index (χ2n) is 7.09. The minimum Gasteiger partial charge on any atom is -0.477 e. The Morgan fingerprint density at radius 3 is 2.61 bits per heavy atom. The number of thiazole rings is 1. The van der Waals surface area contributed by atoms with E-state index in [4.69, 9.17) is 0 Å². The molecule has 0 amide bonds. The van der Waals surface area contributed by atoms with Crippen LogP contribution in [0.15, 0.2) is 34.7 Å². The van der Waals surface area contributed by atoms with Crippen molar-refractivity contribution in [1.29, 1.82) is 0 Å². The van der Waals surface area contributed by atoms with Gasteiger partial charge in [0, 0.05) is 37.3 Å². The predicted octanol–water partition coefficient (Wildman–Crippen LogP) is 2.89. The summed E-state index contributed by atoms with van der Waals surface area (Å²) in [4.78, 5) is 46.3. The molecule has 162 valence electrons. The molecular formula is C19H15F3N4O4S. The molecule has 0 unspecified atom stereocenters. The van der Waals surface area contributed by atoms with Gasteiger partial charge in [-0.1, -0.05) is 0 Å². The molecular weight excluding hydrogens is 437 g/mol. The summed E-state index contributed by atoms with van der Waals surface area (Å²) in [6.07, 6.45) is -3.35. The molecule has 4 heterocycles. The highest BCUT2D eigenvalue weighted by atomic mass is 32.1. The number of carboxylic acids is 1.